The predicted octanol–water partition coefficient (Wildman–Crippen LogP) is 7.88. The van der Waals surface area contributed by atoms with Gasteiger partial charge in [-0.1, -0.05) is 11.3 Å². The highest BCUT2D eigenvalue weighted by Gasteiger charge is 2.43. The Kier molecular flexibility index (Phi) is 17.3. The molecule has 2 amide bonds. The SMILES string of the molecule is CC1=CC(C)(C)N2CCCc3c4c(cc1c32)C(Cc1c(F)c(F)c(F)c(F)c1C(=O)N(C)N=Nc1ccc(NC(=O)CCOCCOCCOCCOCCC(=O)O)cc1)=c1cc2c3c(c1O4)CCC[N+]=3C(C)(C)C=C2CS(=O)(=O)O. The van der Waals surface area contributed by atoms with Crippen molar-refractivity contribution in [1.82, 2.24) is 9.58 Å². The van der Waals surface area contributed by atoms with E-state index < -0.39 is 74.1 Å². The van der Waals surface area contributed by atoms with Gasteiger partial charge in [-0.25, -0.2) is 27.1 Å². The van der Waals surface area contributed by atoms with Gasteiger partial charge in [0.2, 0.25) is 11.3 Å². The van der Waals surface area contributed by atoms with Gasteiger partial charge in [0.1, 0.15) is 23.8 Å². The van der Waals surface area contributed by atoms with Crippen LogP contribution in [0.4, 0.5) is 34.6 Å². The molecular weight excluding hydrogens is 1080 g/mol. The summed E-state index contributed by atoms with van der Waals surface area (Å²) >= 11 is 0. The van der Waals surface area contributed by atoms with Crippen molar-refractivity contribution in [3.8, 4) is 11.5 Å². The monoisotopic (exact) mass is 1150 g/mol. The van der Waals surface area contributed by atoms with Crippen LogP contribution in [0.2, 0.25) is 0 Å². The fourth-order valence-electron chi connectivity index (χ4n) is 11.4. The number of nitrogens with one attached hydrogen (secondary N) is 1. The van der Waals surface area contributed by atoms with Crippen LogP contribution in [0.15, 0.2) is 58.9 Å². The molecule has 23 heteroatoms. The quantitative estimate of drug-likeness (QED) is 0.00943. The van der Waals surface area contributed by atoms with Crippen molar-refractivity contribution >= 4 is 61.7 Å². The maximum absolute atomic E-state index is 16.8. The minimum atomic E-state index is -4.58. The van der Waals surface area contributed by atoms with Gasteiger partial charge in [0.25, 0.3) is 16.0 Å². The Balaban J connectivity index is 0.979. The van der Waals surface area contributed by atoms with Gasteiger partial charge in [-0.05, 0) is 99.2 Å². The van der Waals surface area contributed by atoms with E-state index in [2.05, 4.69) is 45.1 Å². The zero-order valence-electron chi connectivity index (χ0n) is 46.0. The first-order chi connectivity index (χ1) is 38.5. The average molecular weight is 1150 g/mol. The number of carbonyl (C=O) groups excluding carboxylic acids is 2. The highest BCUT2D eigenvalue weighted by molar-refractivity contribution is 7.86. The topological polar surface area (TPSA) is 218 Å². The molecule has 0 bridgehead atoms. The van der Waals surface area contributed by atoms with E-state index in [1.54, 1.807) is 12.1 Å². The number of aliphatic carboxylic acids is 1. The largest absolute Gasteiger partial charge is 0.481 e. The third-order valence-corrected chi connectivity index (χ3v) is 15.7. The smallest absolute Gasteiger partial charge is 0.305 e. The summed E-state index contributed by atoms with van der Waals surface area (Å²) in [7, 11) is -3.49. The lowest BCUT2D eigenvalue weighted by atomic mass is 9.79. The third-order valence-electron chi connectivity index (χ3n) is 15.0. The first-order valence-electron chi connectivity index (χ1n) is 26.8. The van der Waals surface area contributed by atoms with Crippen LogP contribution in [0.3, 0.4) is 0 Å². The van der Waals surface area contributed by atoms with Crippen LogP contribution in [0.5, 0.6) is 11.5 Å². The van der Waals surface area contributed by atoms with Crippen LogP contribution >= 0.6 is 0 Å². The summed E-state index contributed by atoms with van der Waals surface area (Å²) in [6, 6.07) is 9.54. The molecule has 432 valence electrons. The zero-order chi connectivity index (χ0) is 58.1. The number of hydrogen-bond acceptors (Lipinski definition) is 13. The number of nitrogens with zero attached hydrogens (tertiary/aromatic N) is 5. The summed E-state index contributed by atoms with van der Waals surface area (Å²) in [6.07, 6.45) is 5.68. The number of fused-ring (bicyclic) bond motifs is 4. The molecule has 0 aliphatic carbocycles. The van der Waals surface area contributed by atoms with E-state index in [0.717, 1.165) is 42.4 Å². The van der Waals surface area contributed by atoms with Crippen molar-refractivity contribution in [2.45, 2.75) is 90.6 Å². The Morgan fingerprint density at radius 2 is 1.43 bits per heavy atom. The fraction of sp³-hybridized carbons (Fsp3) is 0.448. The van der Waals surface area contributed by atoms with E-state index in [4.69, 9.17) is 28.8 Å². The van der Waals surface area contributed by atoms with Crippen LogP contribution < -0.4 is 30.1 Å². The van der Waals surface area contributed by atoms with Crippen LogP contribution in [0.1, 0.15) is 104 Å². The van der Waals surface area contributed by atoms with Gasteiger partial charge in [0.05, 0.1) is 99.3 Å². The minimum absolute atomic E-state index is 0.0291. The lowest BCUT2D eigenvalue weighted by molar-refractivity contribution is -0.138. The molecule has 9 rings (SSSR count). The summed E-state index contributed by atoms with van der Waals surface area (Å²) in [4.78, 5) is 39.9. The fourth-order valence-corrected chi connectivity index (χ4v) is 12.1. The number of ether oxygens (including phenoxy) is 5. The Labute approximate surface area is 466 Å². The molecule has 81 heavy (non-hydrogen) atoms. The highest BCUT2D eigenvalue weighted by Crippen LogP contribution is 2.52. The molecule has 3 N–H and O–H groups in total. The van der Waals surface area contributed by atoms with Crippen molar-refractivity contribution in [1.29, 1.82) is 0 Å². The normalized spacial score (nSPS) is 16.5. The van der Waals surface area contributed by atoms with Gasteiger partial charge < -0.3 is 39.0 Å². The van der Waals surface area contributed by atoms with Gasteiger partial charge in [-0.3, -0.25) is 18.9 Å². The summed E-state index contributed by atoms with van der Waals surface area (Å²) in [5.41, 5.74) is 3.32. The molecular formula is C58H65F4N6O12S+. The lowest BCUT2D eigenvalue weighted by Crippen LogP contribution is -2.53. The first-order valence-corrected chi connectivity index (χ1v) is 28.4. The second-order valence-corrected chi connectivity index (χ2v) is 23.1. The number of hydrogen-bond donors (Lipinski definition) is 3. The number of carboxylic acid groups (broad SMARTS) is 1. The Morgan fingerprint density at radius 3 is 2.09 bits per heavy atom. The maximum atomic E-state index is 16.8. The van der Waals surface area contributed by atoms with Gasteiger partial charge in [-0.2, -0.15) is 8.42 Å². The molecule has 0 unspecified atom stereocenters. The molecule has 5 aliphatic heterocycles. The number of amides is 2. The van der Waals surface area contributed by atoms with Crippen molar-refractivity contribution in [2.24, 2.45) is 10.3 Å². The predicted molar refractivity (Wildman–Crippen MR) is 293 cm³/mol. The van der Waals surface area contributed by atoms with E-state index in [9.17, 15) is 27.4 Å². The van der Waals surface area contributed by atoms with Gasteiger partial charge in [0.15, 0.2) is 28.8 Å². The van der Waals surface area contributed by atoms with Crippen LogP contribution in [0.25, 0.3) is 16.7 Å². The van der Waals surface area contributed by atoms with Crippen LogP contribution in [-0.4, -0.2) is 131 Å². The number of carboxylic acids is 1. The molecule has 4 aromatic carbocycles. The molecule has 18 nitrogen and oxygen atoms in total. The Bertz CT molecular complexity index is 3550. The molecule has 0 saturated carbocycles. The van der Waals surface area contributed by atoms with Crippen LogP contribution in [-0.2, 0) is 57.9 Å². The van der Waals surface area contributed by atoms with E-state index in [-0.39, 0.29) is 68.6 Å². The Hall–Kier alpha value is -6.89. The molecule has 0 atom stereocenters. The number of rotatable bonds is 23. The summed E-state index contributed by atoms with van der Waals surface area (Å²) < 4.78 is 131. The standard InChI is InChI=1S/C58H64F4N6O12S/c1-33-30-57(2,3)67-17-7-9-37-52(67)39(33)27-42-41(43-28-40-34(32-81(73,74)75)31-58(4,5)68-18-8-10-38(53(40)68)55(43)80-54(37)42)29-44-47(49(60)51(62)50(61)48(44)59)56(72)66(6)65-64-36-13-11-35(12-14-36)63-45(69)15-19-76-21-23-78-25-26-79-24-22-77-20-16-46(70)71/h11-14,27-28,30-31H,7-10,15-26,29,32H2,1-6H3,(H2-,63,65,69,70,71,73,74,75)/p+1. The molecule has 5 heterocycles. The summed E-state index contributed by atoms with van der Waals surface area (Å²) in [6.45, 7) is 13.4. The molecule has 0 radical (unpaired) electrons. The number of halogens is 4. The van der Waals surface area contributed by atoms with Gasteiger partial charge >= 0.3 is 5.97 Å². The number of allylic oxidation sites excluding steroid dienone is 1. The van der Waals surface area contributed by atoms with Crippen molar-refractivity contribution < 1.29 is 73.7 Å². The zero-order valence-corrected chi connectivity index (χ0v) is 46.8. The molecule has 0 spiro atoms. The van der Waals surface area contributed by atoms with Crippen molar-refractivity contribution in [3.63, 3.8) is 0 Å². The van der Waals surface area contributed by atoms with E-state index in [0.29, 0.717) is 101 Å². The summed E-state index contributed by atoms with van der Waals surface area (Å²) in [5.74, 6) is -10.7. The third kappa shape index (κ3) is 12.5. The number of anilines is 2. The van der Waals surface area contributed by atoms with Crippen molar-refractivity contribution in [2.75, 3.05) is 89.0 Å². The van der Waals surface area contributed by atoms with Crippen LogP contribution in [0, 0.1) is 23.3 Å². The van der Waals surface area contributed by atoms with Gasteiger partial charge in [-0.15, -0.1) is 5.11 Å². The number of benzene rings is 4. The second kappa shape index (κ2) is 23.9. The Morgan fingerprint density at radius 1 is 0.802 bits per heavy atom. The van der Waals surface area contributed by atoms with Gasteiger partial charge in [0, 0.05) is 73.4 Å². The molecule has 5 aliphatic rings. The molecule has 4 aromatic rings. The molecule has 0 saturated heterocycles. The van der Waals surface area contributed by atoms with E-state index in [1.165, 1.54) is 24.3 Å². The first kappa shape index (κ1) is 58.8. The maximum Gasteiger partial charge on any atom is 0.305 e. The van der Waals surface area contributed by atoms with Crippen molar-refractivity contribution in [3.05, 3.63) is 121 Å². The molecule has 0 aromatic heterocycles. The highest BCUT2D eigenvalue weighted by atomic mass is 32.2. The minimum Gasteiger partial charge on any atom is -0.481 e. The van der Waals surface area contributed by atoms with E-state index in [1.807, 2.05) is 26.8 Å². The average Bonchev–Trinajstić information content (AvgIpc) is 3.53. The number of carbonyl (C=O) groups is 3. The molecule has 0 fully saturated rings. The summed E-state index contributed by atoms with van der Waals surface area (Å²) in [5, 5.41) is 20.9. The lowest BCUT2D eigenvalue weighted by Gasteiger charge is -2.47. The second-order valence-electron chi connectivity index (χ2n) is 21.6. The van der Waals surface area contributed by atoms with E-state index >= 15 is 17.6 Å².